The second-order valence-corrected chi connectivity index (χ2v) is 11.2. The zero-order valence-electron chi connectivity index (χ0n) is 20.1. The average Bonchev–Trinajstić information content (AvgIpc) is 3.33. The Kier molecular flexibility index (Phi) is 6.89. The molecule has 2 heterocycles. The maximum absolute atomic E-state index is 13.1. The minimum absolute atomic E-state index is 0.0370. The van der Waals surface area contributed by atoms with E-state index < -0.39 is 10.0 Å². The number of carbonyl (C=O) groups is 1. The second-order valence-electron chi connectivity index (χ2n) is 9.48. The van der Waals surface area contributed by atoms with Gasteiger partial charge in [0.15, 0.2) is 0 Å². The number of aromatic amines is 1. The first-order valence-corrected chi connectivity index (χ1v) is 13.8. The van der Waals surface area contributed by atoms with Gasteiger partial charge in [-0.05, 0) is 74.6 Å². The van der Waals surface area contributed by atoms with Crippen molar-refractivity contribution in [3.63, 3.8) is 0 Å². The molecule has 0 bridgehead atoms. The SMILES string of the molecule is C[C@@H](NC(=O)C1CCC(NS(=O)(=O)c2ccc3[nH]c(-c4cccnc4)cc3c2)CC1)c1ccccc1. The van der Waals surface area contributed by atoms with Crippen LogP contribution in [0.15, 0.2) is 84.0 Å². The van der Waals surface area contributed by atoms with Gasteiger partial charge in [0.05, 0.1) is 10.9 Å². The Balaban J connectivity index is 1.20. The van der Waals surface area contributed by atoms with Crippen molar-refractivity contribution in [1.29, 1.82) is 0 Å². The molecule has 2 aromatic carbocycles. The number of sulfonamides is 1. The number of hydrogen-bond donors (Lipinski definition) is 3. The molecule has 0 radical (unpaired) electrons. The van der Waals surface area contributed by atoms with Crippen molar-refractivity contribution in [2.75, 3.05) is 0 Å². The number of aromatic nitrogens is 2. The van der Waals surface area contributed by atoms with E-state index in [-0.39, 0.29) is 28.8 Å². The Morgan fingerprint density at radius 2 is 1.78 bits per heavy atom. The number of carbonyl (C=O) groups excluding carboxylic acids is 1. The zero-order valence-corrected chi connectivity index (χ0v) is 21.0. The molecular weight excluding hydrogens is 472 g/mol. The molecule has 0 aliphatic heterocycles. The molecule has 1 fully saturated rings. The first kappa shape index (κ1) is 24.2. The molecule has 1 saturated carbocycles. The van der Waals surface area contributed by atoms with Crippen molar-refractivity contribution in [2.24, 2.45) is 5.92 Å². The summed E-state index contributed by atoms with van der Waals surface area (Å²) in [5.74, 6) is -0.0611. The lowest BCUT2D eigenvalue weighted by Gasteiger charge is -2.29. The number of H-pyrrole nitrogens is 1. The molecule has 0 unspecified atom stereocenters. The van der Waals surface area contributed by atoms with E-state index in [1.54, 1.807) is 30.6 Å². The Labute approximate surface area is 211 Å². The molecule has 0 saturated heterocycles. The van der Waals surface area contributed by atoms with E-state index in [1.165, 1.54) is 0 Å². The molecular formula is C28H30N4O3S. The molecule has 1 atom stereocenters. The number of hydrogen-bond acceptors (Lipinski definition) is 4. The lowest BCUT2D eigenvalue weighted by molar-refractivity contribution is -0.126. The van der Waals surface area contributed by atoms with E-state index in [0.29, 0.717) is 25.7 Å². The molecule has 36 heavy (non-hydrogen) atoms. The van der Waals surface area contributed by atoms with Crippen LogP contribution < -0.4 is 10.0 Å². The largest absolute Gasteiger partial charge is 0.354 e. The van der Waals surface area contributed by atoms with E-state index in [9.17, 15) is 13.2 Å². The van der Waals surface area contributed by atoms with Gasteiger partial charge in [0.25, 0.3) is 0 Å². The Morgan fingerprint density at radius 1 is 1.00 bits per heavy atom. The van der Waals surface area contributed by atoms with Crippen LogP contribution in [0.25, 0.3) is 22.2 Å². The third kappa shape index (κ3) is 5.34. The van der Waals surface area contributed by atoms with Crippen LogP contribution >= 0.6 is 0 Å². The lowest BCUT2D eigenvalue weighted by atomic mass is 9.85. The third-order valence-corrected chi connectivity index (χ3v) is 8.47. The first-order valence-electron chi connectivity index (χ1n) is 12.3. The fourth-order valence-electron chi connectivity index (χ4n) is 4.87. The van der Waals surface area contributed by atoms with Gasteiger partial charge >= 0.3 is 0 Å². The lowest BCUT2D eigenvalue weighted by Crippen LogP contribution is -2.41. The molecule has 2 aromatic heterocycles. The van der Waals surface area contributed by atoms with Crippen LogP contribution in [0.5, 0.6) is 0 Å². The number of nitrogens with one attached hydrogen (secondary N) is 3. The van der Waals surface area contributed by atoms with Gasteiger partial charge in [-0.2, -0.15) is 0 Å². The van der Waals surface area contributed by atoms with Gasteiger partial charge < -0.3 is 10.3 Å². The monoisotopic (exact) mass is 502 g/mol. The number of nitrogens with zero attached hydrogens (tertiary/aromatic N) is 1. The third-order valence-electron chi connectivity index (χ3n) is 6.95. The van der Waals surface area contributed by atoms with Gasteiger partial charge in [0.2, 0.25) is 15.9 Å². The highest BCUT2D eigenvalue weighted by atomic mass is 32.2. The fourth-order valence-corrected chi connectivity index (χ4v) is 6.21. The Hall–Kier alpha value is -3.49. The maximum Gasteiger partial charge on any atom is 0.240 e. The molecule has 186 valence electrons. The van der Waals surface area contributed by atoms with Gasteiger partial charge in [0.1, 0.15) is 0 Å². The summed E-state index contributed by atoms with van der Waals surface area (Å²) in [6, 6.07) is 20.5. The second kappa shape index (κ2) is 10.2. The van der Waals surface area contributed by atoms with E-state index in [2.05, 4.69) is 20.0 Å². The van der Waals surface area contributed by atoms with Crippen molar-refractivity contribution in [3.05, 3.63) is 84.7 Å². The molecule has 1 amide bonds. The van der Waals surface area contributed by atoms with E-state index in [1.807, 2.05) is 55.5 Å². The van der Waals surface area contributed by atoms with Crippen LogP contribution in [0.4, 0.5) is 0 Å². The first-order chi connectivity index (χ1) is 17.4. The van der Waals surface area contributed by atoms with Gasteiger partial charge in [-0.3, -0.25) is 9.78 Å². The smallest absolute Gasteiger partial charge is 0.240 e. The predicted molar refractivity (Wildman–Crippen MR) is 141 cm³/mol. The minimum atomic E-state index is -3.68. The van der Waals surface area contributed by atoms with Gasteiger partial charge in [0, 0.05) is 46.5 Å². The normalized spacial score (nSPS) is 19.1. The van der Waals surface area contributed by atoms with Crippen molar-refractivity contribution in [2.45, 2.75) is 49.6 Å². The summed E-state index contributed by atoms with van der Waals surface area (Å²) in [6.45, 7) is 1.98. The van der Waals surface area contributed by atoms with Gasteiger partial charge in [-0.15, -0.1) is 0 Å². The maximum atomic E-state index is 13.1. The number of benzene rings is 2. The van der Waals surface area contributed by atoms with Crippen molar-refractivity contribution >= 4 is 26.8 Å². The minimum Gasteiger partial charge on any atom is -0.354 e. The van der Waals surface area contributed by atoms with Crippen LogP contribution in [-0.4, -0.2) is 30.3 Å². The average molecular weight is 503 g/mol. The molecule has 4 aromatic rings. The van der Waals surface area contributed by atoms with Gasteiger partial charge in [-0.1, -0.05) is 30.3 Å². The van der Waals surface area contributed by atoms with E-state index in [4.69, 9.17) is 0 Å². The number of amides is 1. The summed E-state index contributed by atoms with van der Waals surface area (Å²) in [7, 11) is -3.68. The summed E-state index contributed by atoms with van der Waals surface area (Å²) in [6.07, 6.45) is 6.07. The van der Waals surface area contributed by atoms with Crippen molar-refractivity contribution in [1.82, 2.24) is 20.0 Å². The highest BCUT2D eigenvalue weighted by molar-refractivity contribution is 7.89. The molecule has 0 spiro atoms. The summed E-state index contributed by atoms with van der Waals surface area (Å²) in [4.78, 5) is 20.5. The summed E-state index contributed by atoms with van der Waals surface area (Å²) in [5, 5.41) is 3.92. The molecule has 7 nitrogen and oxygen atoms in total. The summed E-state index contributed by atoms with van der Waals surface area (Å²) < 4.78 is 29.1. The predicted octanol–water partition coefficient (Wildman–Crippen LogP) is 4.94. The van der Waals surface area contributed by atoms with Crippen molar-refractivity contribution in [3.8, 4) is 11.3 Å². The van der Waals surface area contributed by atoms with Gasteiger partial charge in [-0.25, -0.2) is 13.1 Å². The number of rotatable bonds is 7. The Bertz CT molecular complexity index is 1440. The quantitative estimate of drug-likeness (QED) is 0.333. The molecule has 5 rings (SSSR count). The van der Waals surface area contributed by atoms with Crippen LogP contribution in [0.2, 0.25) is 0 Å². The summed E-state index contributed by atoms with van der Waals surface area (Å²) in [5.41, 5.74) is 3.76. The topological polar surface area (TPSA) is 104 Å². The standard InChI is InChI=1S/C28H30N4O3S/c1-19(20-6-3-2-4-7-20)30-28(33)21-9-11-24(12-10-21)32-36(34,35)25-13-14-26-23(16-25)17-27(31-26)22-8-5-15-29-18-22/h2-8,13-19,21,24,31-32H,9-12H2,1H3,(H,30,33)/t19-,21?,24?/m1/s1. The number of pyridine rings is 1. The van der Waals surface area contributed by atoms with Crippen molar-refractivity contribution < 1.29 is 13.2 Å². The van der Waals surface area contributed by atoms with Crippen LogP contribution in [-0.2, 0) is 14.8 Å². The highest BCUT2D eigenvalue weighted by Gasteiger charge is 2.30. The Morgan fingerprint density at radius 3 is 2.50 bits per heavy atom. The highest BCUT2D eigenvalue weighted by Crippen LogP contribution is 2.28. The van der Waals surface area contributed by atoms with E-state index in [0.717, 1.165) is 27.7 Å². The molecule has 1 aliphatic carbocycles. The van der Waals surface area contributed by atoms with Crippen LogP contribution in [0.3, 0.4) is 0 Å². The summed E-state index contributed by atoms with van der Waals surface area (Å²) >= 11 is 0. The van der Waals surface area contributed by atoms with E-state index >= 15 is 0 Å². The zero-order chi connectivity index (χ0) is 25.1. The molecule has 3 N–H and O–H groups in total. The van der Waals surface area contributed by atoms with Crippen LogP contribution in [0, 0.1) is 5.92 Å². The van der Waals surface area contributed by atoms with Crippen LogP contribution in [0.1, 0.15) is 44.2 Å². The molecule has 1 aliphatic rings. The molecule has 8 heteroatoms. The fraction of sp³-hybridized carbons (Fsp3) is 0.286. The number of fused-ring (bicyclic) bond motifs is 1.